The lowest BCUT2D eigenvalue weighted by molar-refractivity contribution is -0.0652. The Morgan fingerprint density at radius 2 is 1.77 bits per heavy atom. The molecule has 8 nitrogen and oxygen atoms in total. The second-order valence-corrected chi connectivity index (χ2v) is 5.57. The van der Waals surface area contributed by atoms with E-state index in [1.165, 1.54) is 36.4 Å². The fourth-order valence-electron chi connectivity index (χ4n) is 2.50. The highest BCUT2D eigenvalue weighted by Gasteiger charge is 2.19. The second-order valence-electron chi connectivity index (χ2n) is 5.57. The van der Waals surface area contributed by atoms with E-state index in [4.69, 9.17) is 5.11 Å². The van der Waals surface area contributed by atoms with E-state index in [0.717, 1.165) is 0 Å². The number of benzene rings is 2. The number of carbonyl (C=O) groups is 2. The van der Waals surface area contributed by atoms with Crippen LogP contribution in [0.5, 0.6) is 11.5 Å². The van der Waals surface area contributed by atoms with Gasteiger partial charge in [0.05, 0.1) is 6.54 Å². The van der Waals surface area contributed by atoms with Crippen molar-refractivity contribution in [1.29, 1.82) is 0 Å². The molecule has 1 heterocycles. The van der Waals surface area contributed by atoms with Gasteiger partial charge >= 0.3 is 5.97 Å². The summed E-state index contributed by atoms with van der Waals surface area (Å²) in [5.41, 5.74) is -0.0626. The Hall–Kier alpha value is -3.65. The van der Waals surface area contributed by atoms with E-state index in [0.29, 0.717) is 16.0 Å². The summed E-state index contributed by atoms with van der Waals surface area (Å²) < 4.78 is 0. The monoisotopic (exact) mass is 354 g/mol. The summed E-state index contributed by atoms with van der Waals surface area (Å²) in [5, 5.41) is 39.4. The van der Waals surface area contributed by atoms with E-state index >= 15 is 0 Å². The van der Waals surface area contributed by atoms with E-state index in [-0.39, 0.29) is 29.1 Å². The molecule has 0 aliphatic carbocycles. The van der Waals surface area contributed by atoms with Crippen LogP contribution in [0.3, 0.4) is 0 Å². The molecule has 0 bridgehead atoms. The fraction of sp³-hybridized carbons (Fsp3) is 0.0556. The molecule has 1 aromatic heterocycles. The first kappa shape index (κ1) is 17.2. The number of aromatic nitrogens is 1. The number of fused-ring (bicyclic) bond motifs is 1. The summed E-state index contributed by atoms with van der Waals surface area (Å²) in [6, 6.07) is 11.6. The highest BCUT2D eigenvalue weighted by molar-refractivity contribution is 6.00. The van der Waals surface area contributed by atoms with Gasteiger partial charge in [0.1, 0.15) is 22.5 Å². The number of carboxylic acid groups (broad SMARTS) is 1. The minimum Gasteiger partial charge on any atom is -0.508 e. The van der Waals surface area contributed by atoms with Crippen LogP contribution in [0.25, 0.3) is 10.9 Å². The summed E-state index contributed by atoms with van der Waals surface area (Å²) in [6.45, 7) is -0.186. The maximum Gasteiger partial charge on any atom is 0.339 e. The zero-order valence-corrected chi connectivity index (χ0v) is 13.3. The molecule has 0 aliphatic rings. The number of phenols is 2. The molecule has 0 aliphatic heterocycles. The van der Waals surface area contributed by atoms with Crippen molar-refractivity contribution in [3.05, 3.63) is 65.4 Å². The number of hydrogen-bond donors (Lipinski definition) is 4. The van der Waals surface area contributed by atoms with Crippen molar-refractivity contribution in [2.75, 3.05) is 0 Å². The first-order valence-corrected chi connectivity index (χ1v) is 7.51. The van der Waals surface area contributed by atoms with E-state index < -0.39 is 17.6 Å². The van der Waals surface area contributed by atoms with E-state index in [2.05, 4.69) is 4.98 Å². The molecule has 26 heavy (non-hydrogen) atoms. The Kier molecular flexibility index (Phi) is 4.42. The fourth-order valence-corrected chi connectivity index (χ4v) is 2.50. The minimum absolute atomic E-state index is 0.00157. The molecule has 1 amide bonds. The van der Waals surface area contributed by atoms with Crippen LogP contribution in [0, 0.1) is 0 Å². The molecule has 2 aromatic carbocycles. The molecular formula is C18H14N2O6. The standard InChI is InChI=1S/C18H14N2O6/c21-12-3-1-2-10(8-12)9-20(26)17(23)14-7-5-11-4-6-13(18(24)25)16(22)15(11)19-14/h1-8,21-22,26H,9H2,(H,24,25). The number of carbonyl (C=O) groups excluding carboxylic acids is 1. The van der Waals surface area contributed by atoms with E-state index in [1.54, 1.807) is 12.1 Å². The minimum atomic E-state index is -1.32. The molecule has 0 unspecified atom stereocenters. The Bertz CT molecular complexity index is 1020. The summed E-state index contributed by atoms with van der Waals surface area (Å²) in [5.74, 6) is -2.72. The number of amides is 1. The third kappa shape index (κ3) is 3.26. The Labute approximate surface area is 147 Å². The summed E-state index contributed by atoms with van der Waals surface area (Å²) in [7, 11) is 0. The van der Waals surface area contributed by atoms with Gasteiger partial charge in [0.25, 0.3) is 5.91 Å². The topological polar surface area (TPSA) is 131 Å². The largest absolute Gasteiger partial charge is 0.508 e. The van der Waals surface area contributed by atoms with Crippen molar-refractivity contribution in [2.45, 2.75) is 6.54 Å². The Morgan fingerprint density at radius 1 is 1.04 bits per heavy atom. The lowest BCUT2D eigenvalue weighted by atomic mass is 10.1. The van der Waals surface area contributed by atoms with Crippen molar-refractivity contribution < 1.29 is 30.1 Å². The van der Waals surface area contributed by atoms with Crippen LogP contribution in [0.4, 0.5) is 0 Å². The number of aromatic hydroxyl groups is 2. The molecule has 3 rings (SSSR count). The molecule has 0 saturated heterocycles. The van der Waals surface area contributed by atoms with Crippen LogP contribution < -0.4 is 0 Å². The molecule has 0 atom stereocenters. The predicted octanol–water partition coefficient (Wildman–Crippen LogP) is 2.38. The number of hydrogen-bond acceptors (Lipinski definition) is 6. The van der Waals surface area contributed by atoms with Crippen LogP contribution in [0.1, 0.15) is 26.4 Å². The van der Waals surface area contributed by atoms with E-state index in [1.807, 2.05) is 0 Å². The molecule has 0 saturated carbocycles. The van der Waals surface area contributed by atoms with Crippen LogP contribution in [-0.4, -0.2) is 42.5 Å². The van der Waals surface area contributed by atoms with Crippen LogP contribution in [0.2, 0.25) is 0 Å². The maximum atomic E-state index is 12.4. The molecule has 132 valence electrons. The van der Waals surface area contributed by atoms with Gasteiger partial charge in [0.15, 0.2) is 5.75 Å². The molecule has 0 fully saturated rings. The number of aromatic carboxylic acids is 1. The summed E-state index contributed by atoms with van der Waals surface area (Å²) in [4.78, 5) is 27.4. The van der Waals surface area contributed by atoms with Gasteiger partial charge in [-0.15, -0.1) is 0 Å². The lowest BCUT2D eigenvalue weighted by Crippen LogP contribution is -2.27. The molecule has 4 N–H and O–H groups in total. The summed E-state index contributed by atoms with van der Waals surface area (Å²) >= 11 is 0. The second kappa shape index (κ2) is 6.69. The highest BCUT2D eigenvalue weighted by Crippen LogP contribution is 2.27. The van der Waals surface area contributed by atoms with Gasteiger partial charge in [0, 0.05) is 5.39 Å². The smallest absolute Gasteiger partial charge is 0.339 e. The van der Waals surface area contributed by atoms with Crippen molar-refractivity contribution in [3.63, 3.8) is 0 Å². The third-order valence-corrected chi connectivity index (χ3v) is 3.76. The lowest BCUT2D eigenvalue weighted by Gasteiger charge is -2.15. The molecule has 3 aromatic rings. The van der Waals surface area contributed by atoms with Crippen molar-refractivity contribution >= 4 is 22.8 Å². The third-order valence-electron chi connectivity index (χ3n) is 3.76. The molecule has 0 spiro atoms. The highest BCUT2D eigenvalue weighted by atomic mass is 16.5. The van der Waals surface area contributed by atoms with Crippen molar-refractivity contribution in [3.8, 4) is 11.5 Å². The molecule has 0 radical (unpaired) electrons. The quantitative estimate of drug-likeness (QED) is 0.418. The number of phenolic OH excluding ortho intramolecular Hbond substituents is 1. The average molecular weight is 354 g/mol. The Morgan fingerprint density at radius 3 is 2.46 bits per heavy atom. The Balaban J connectivity index is 1.92. The first-order valence-electron chi connectivity index (χ1n) is 7.51. The van der Waals surface area contributed by atoms with Gasteiger partial charge in [-0.2, -0.15) is 0 Å². The van der Waals surface area contributed by atoms with Crippen LogP contribution in [-0.2, 0) is 6.54 Å². The number of rotatable bonds is 4. The number of pyridine rings is 1. The molecule has 8 heteroatoms. The van der Waals surface area contributed by atoms with Crippen molar-refractivity contribution in [2.24, 2.45) is 0 Å². The zero-order chi connectivity index (χ0) is 18.8. The van der Waals surface area contributed by atoms with Crippen LogP contribution >= 0.6 is 0 Å². The molecular weight excluding hydrogens is 340 g/mol. The number of hydroxylamine groups is 2. The zero-order valence-electron chi connectivity index (χ0n) is 13.3. The maximum absolute atomic E-state index is 12.4. The van der Waals surface area contributed by atoms with Gasteiger partial charge in [-0.3, -0.25) is 10.0 Å². The van der Waals surface area contributed by atoms with Gasteiger partial charge < -0.3 is 15.3 Å². The average Bonchev–Trinajstić information content (AvgIpc) is 2.61. The SMILES string of the molecule is O=C(O)c1ccc2ccc(C(=O)N(O)Cc3cccc(O)c3)nc2c1O. The summed E-state index contributed by atoms with van der Waals surface area (Å²) in [6.07, 6.45) is 0. The first-order chi connectivity index (χ1) is 12.4. The van der Waals surface area contributed by atoms with Crippen molar-refractivity contribution in [1.82, 2.24) is 10.0 Å². The van der Waals surface area contributed by atoms with E-state index in [9.17, 15) is 25.0 Å². The predicted molar refractivity (Wildman–Crippen MR) is 90.1 cm³/mol. The van der Waals surface area contributed by atoms with Gasteiger partial charge in [-0.25, -0.2) is 14.8 Å². The van der Waals surface area contributed by atoms with Gasteiger partial charge in [0.2, 0.25) is 0 Å². The van der Waals surface area contributed by atoms with Gasteiger partial charge in [-0.05, 0) is 29.8 Å². The number of nitrogens with zero attached hydrogens (tertiary/aromatic N) is 2. The van der Waals surface area contributed by atoms with Crippen LogP contribution in [0.15, 0.2) is 48.5 Å². The normalized spacial score (nSPS) is 10.7. The number of carboxylic acids is 1. The van der Waals surface area contributed by atoms with Gasteiger partial charge in [-0.1, -0.05) is 24.3 Å².